The Kier molecular flexibility index (Phi) is 4.81. The van der Waals surface area contributed by atoms with Crippen LogP contribution in [0.2, 0.25) is 0 Å². The molecule has 6 bridgehead atoms. The average Bonchev–Trinajstić information content (AvgIpc) is 3.26. The number of hydrogen-bond donors (Lipinski definition) is 2. The molecule has 3 aliphatic rings. The van der Waals surface area contributed by atoms with Gasteiger partial charge in [-0.3, -0.25) is 4.79 Å². The Balaban J connectivity index is 1.51. The molecule has 0 spiro atoms. The van der Waals surface area contributed by atoms with Gasteiger partial charge in [0.15, 0.2) is 5.82 Å². The maximum Gasteiger partial charge on any atom is 0.307 e. The van der Waals surface area contributed by atoms with E-state index in [4.69, 9.17) is 4.74 Å². The molecular weight excluding hydrogens is 393 g/mol. The number of benzene rings is 1. The molecule has 2 aromatic rings. The zero-order chi connectivity index (χ0) is 20.0. The van der Waals surface area contributed by atoms with E-state index in [1.807, 2.05) is 36.0 Å². The van der Waals surface area contributed by atoms with Gasteiger partial charge in [-0.1, -0.05) is 6.07 Å². The third kappa shape index (κ3) is 3.54. The molecule has 2 N–H and O–H groups in total. The highest BCUT2D eigenvalue weighted by atomic mass is 32.2. The van der Waals surface area contributed by atoms with E-state index >= 15 is 0 Å². The highest BCUT2D eigenvalue weighted by Crippen LogP contribution is 2.56. The topological polar surface area (TPSA) is 84.3 Å². The first kappa shape index (κ1) is 18.7. The number of thioether (sulfide) groups is 1. The molecule has 8 heteroatoms. The number of rotatable bonds is 1. The first-order valence-electron chi connectivity index (χ1n) is 9.94. The Morgan fingerprint density at radius 3 is 3.07 bits per heavy atom. The lowest BCUT2D eigenvalue weighted by atomic mass is 9.76. The molecule has 152 valence electrons. The van der Waals surface area contributed by atoms with Crippen LogP contribution >= 0.6 is 11.8 Å². The number of fused-ring (bicyclic) bond motifs is 5. The number of nitrogens with one attached hydrogen (secondary N) is 1. The van der Waals surface area contributed by atoms with Crippen LogP contribution in [0.4, 0.5) is 16.0 Å². The predicted octanol–water partition coefficient (Wildman–Crippen LogP) is 3.75. The smallest absolute Gasteiger partial charge is 0.307 e. The second-order valence-electron chi connectivity index (χ2n) is 8.03. The zero-order valence-corrected chi connectivity index (χ0v) is 16.6. The summed E-state index contributed by atoms with van der Waals surface area (Å²) in [7, 11) is 0. The third-order valence-corrected chi connectivity index (χ3v) is 7.78. The van der Waals surface area contributed by atoms with Gasteiger partial charge in [0.25, 0.3) is 0 Å². The summed E-state index contributed by atoms with van der Waals surface area (Å²) in [5.41, 5.74) is 1.05. The van der Waals surface area contributed by atoms with E-state index in [9.17, 15) is 14.3 Å². The van der Waals surface area contributed by atoms with Crippen molar-refractivity contribution in [3.8, 4) is 5.75 Å². The average molecular weight is 415 g/mol. The van der Waals surface area contributed by atoms with Crippen molar-refractivity contribution in [1.82, 2.24) is 9.97 Å². The highest BCUT2D eigenvalue weighted by Gasteiger charge is 2.55. The summed E-state index contributed by atoms with van der Waals surface area (Å²) in [6.45, 7) is 0.591. The molecule has 2 fully saturated rings. The lowest BCUT2D eigenvalue weighted by Gasteiger charge is -2.33. The quantitative estimate of drug-likeness (QED) is 0.734. The van der Waals surface area contributed by atoms with Crippen LogP contribution in [0.3, 0.4) is 0 Å². The van der Waals surface area contributed by atoms with Crippen molar-refractivity contribution in [1.29, 1.82) is 0 Å². The summed E-state index contributed by atoms with van der Waals surface area (Å²) < 4.78 is 20.4. The molecule has 5 rings (SSSR count). The zero-order valence-electron chi connectivity index (χ0n) is 15.8. The number of halogens is 1. The number of ether oxygens (including phenoxy) is 1. The molecule has 0 radical (unpaired) electrons. The van der Waals surface area contributed by atoms with Crippen LogP contribution in [0, 0.1) is 29.5 Å². The molecule has 6 nitrogen and oxygen atoms in total. The van der Waals surface area contributed by atoms with Crippen LogP contribution in [0.15, 0.2) is 30.5 Å². The summed E-state index contributed by atoms with van der Waals surface area (Å²) in [6, 6.07) is 7.52. The van der Waals surface area contributed by atoms with Crippen molar-refractivity contribution >= 4 is 29.4 Å². The van der Waals surface area contributed by atoms with Crippen LogP contribution < -0.4 is 10.1 Å². The van der Waals surface area contributed by atoms with E-state index in [0.717, 1.165) is 36.2 Å². The second kappa shape index (κ2) is 7.48. The van der Waals surface area contributed by atoms with Crippen LogP contribution in [-0.2, 0) is 11.2 Å². The minimum atomic E-state index is -0.768. The summed E-state index contributed by atoms with van der Waals surface area (Å²) in [5, 5.41) is 13.3. The van der Waals surface area contributed by atoms with E-state index in [2.05, 4.69) is 15.3 Å². The molecule has 0 unspecified atom stereocenters. The summed E-state index contributed by atoms with van der Waals surface area (Å²) >= 11 is 1.86. The van der Waals surface area contributed by atoms with Gasteiger partial charge in [-0.2, -0.15) is 11.8 Å². The number of carboxylic acids is 1. The van der Waals surface area contributed by atoms with Crippen molar-refractivity contribution < 1.29 is 19.0 Å². The molecule has 0 saturated heterocycles. The van der Waals surface area contributed by atoms with Crippen molar-refractivity contribution in [3.63, 3.8) is 0 Å². The molecule has 5 atom stereocenters. The van der Waals surface area contributed by atoms with Gasteiger partial charge in [0, 0.05) is 22.8 Å². The van der Waals surface area contributed by atoms with Gasteiger partial charge in [0.05, 0.1) is 24.4 Å². The molecule has 2 saturated carbocycles. The molecule has 2 aliphatic carbocycles. The number of aromatic nitrogens is 2. The van der Waals surface area contributed by atoms with E-state index < -0.39 is 17.7 Å². The number of carboxylic acid groups (broad SMARTS) is 1. The fourth-order valence-corrected chi connectivity index (χ4v) is 6.69. The second-order valence-corrected chi connectivity index (χ2v) is 9.37. The molecule has 2 heterocycles. The largest absolute Gasteiger partial charge is 0.493 e. The van der Waals surface area contributed by atoms with Gasteiger partial charge >= 0.3 is 5.97 Å². The molecule has 1 aromatic heterocycles. The van der Waals surface area contributed by atoms with Gasteiger partial charge in [-0.25, -0.2) is 14.4 Å². The van der Waals surface area contributed by atoms with Crippen molar-refractivity contribution in [2.45, 2.75) is 24.5 Å². The summed E-state index contributed by atoms with van der Waals surface area (Å²) in [6.07, 6.45) is 3.31. The Bertz CT molecular complexity index is 943. The lowest BCUT2D eigenvalue weighted by Crippen LogP contribution is -2.36. The van der Waals surface area contributed by atoms with Crippen LogP contribution in [0.25, 0.3) is 0 Å². The third-order valence-electron chi connectivity index (χ3n) is 6.41. The van der Waals surface area contributed by atoms with Crippen molar-refractivity contribution in [2.75, 3.05) is 17.7 Å². The Morgan fingerprint density at radius 1 is 1.31 bits per heavy atom. The Labute approximate surface area is 172 Å². The minimum absolute atomic E-state index is 0.104. The normalized spacial score (nSPS) is 30.6. The maximum absolute atomic E-state index is 14.5. The van der Waals surface area contributed by atoms with Gasteiger partial charge in [0.1, 0.15) is 5.75 Å². The van der Waals surface area contributed by atoms with Crippen molar-refractivity contribution in [2.24, 2.45) is 23.7 Å². The Morgan fingerprint density at radius 2 is 2.21 bits per heavy atom. The number of anilines is 2. The van der Waals surface area contributed by atoms with Gasteiger partial charge in [0.2, 0.25) is 5.95 Å². The molecule has 0 amide bonds. The maximum atomic E-state index is 14.5. The van der Waals surface area contributed by atoms with Crippen molar-refractivity contribution in [3.05, 3.63) is 42.0 Å². The van der Waals surface area contributed by atoms with Crippen LogP contribution in [0.5, 0.6) is 5.75 Å². The Hall–Kier alpha value is -2.35. The van der Waals surface area contributed by atoms with Crippen LogP contribution in [0.1, 0.15) is 18.5 Å². The SMILES string of the molecule is O=C(O)[C@H]1[C@H]2C[C@H]3[C@H]1Cc1nc(ncc1F)Nc1cccc(c1)OCCS[C@@H]3C2. The van der Waals surface area contributed by atoms with E-state index in [0.29, 0.717) is 24.2 Å². The molecule has 29 heavy (non-hydrogen) atoms. The lowest BCUT2D eigenvalue weighted by molar-refractivity contribution is -0.145. The van der Waals surface area contributed by atoms with Crippen LogP contribution in [-0.4, -0.2) is 38.7 Å². The standard InChI is InChI=1S/C21H22FN3O3S/c22-16-10-23-21-24-12-2-1-3-13(8-12)28-4-5-29-18-7-11-6-14(18)15(9-17(16)25-21)19(11)20(26)27/h1-3,8,10-11,14-15,18-19H,4-7,9H2,(H,26,27)(H,23,24,25)/t11-,14-,15+,18+,19-/m0/s1. The first-order valence-corrected chi connectivity index (χ1v) is 11.0. The summed E-state index contributed by atoms with van der Waals surface area (Å²) in [4.78, 5) is 20.4. The summed E-state index contributed by atoms with van der Waals surface area (Å²) in [5.74, 6) is 0.552. The number of carbonyl (C=O) groups is 1. The minimum Gasteiger partial charge on any atom is -0.493 e. The van der Waals surface area contributed by atoms with E-state index in [1.54, 1.807) is 0 Å². The van der Waals surface area contributed by atoms with E-state index in [1.165, 1.54) is 0 Å². The monoisotopic (exact) mass is 415 g/mol. The van der Waals surface area contributed by atoms with E-state index in [-0.39, 0.29) is 23.4 Å². The number of aliphatic carboxylic acids is 1. The number of nitrogens with zero attached hydrogens (tertiary/aromatic N) is 2. The molecule has 1 aromatic carbocycles. The fourth-order valence-electron chi connectivity index (χ4n) is 5.27. The molecular formula is C21H22FN3O3S. The van der Waals surface area contributed by atoms with Gasteiger partial charge in [-0.15, -0.1) is 0 Å². The first-order chi connectivity index (χ1) is 14.1. The number of hydrogen-bond acceptors (Lipinski definition) is 6. The molecule has 1 aliphatic heterocycles. The van der Waals surface area contributed by atoms with Gasteiger partial charge < -0.3 is 15.2 Å². The van der Waals surface area contributed by atoms with Gasteiger partial charge in [-0.05, 0) is 49.1 Å². The highest BCUT2D eigenvalue weighted by molar-refractivity contribution is 7.99. The predicted molar refractivity (Wildman–Crippen MR) is 108 cm³/mol. The fraction of sp³-hybridized carbons (Fsp3) is 0.476.